The van der Waals surface area contributed by atoms with Crippen molar-refractivity contribution in [1.29, 1.82) is 0 Å². The fourth-order valence-electron chi connectivity index (χ4n) is 1.33. The van der Waals surface area contributed by atoms with E-state index in [9.17, 15) is 4.79 Å². The molecule has 0 aromatic heterocycles. The SMILES string of the molecule is O=C(O)C1=CCN2C=CCN12. The molecule has 0 spiro atoms. The van der Waals surface area contributed by atoms with Gasteiger partial charge in [-0.15, -0.1) is 0 Å². The number of hydrogen-bond acceptors (Lipinski definition) is 3. The van der Waals surface area contributed by atoms with Gasteiger partial charge in [-0.3, -0.25) is 10.0 Å². The van der Waals surface area contributed by atoms with Crippen molar-refractivity contribution in [2.75, 3.05) is 13.1 Å². The molecular formula is C7H8N2O2. The van der Waals surface area contributed by atoms with E-state index in [0.717, 1.165) is 0 Å². The van der Waals surface area contributed by atoms with Crippen LogP contribution in [-0.4, -0.2) is 34.2 Å². The first-order valence-electron chi connectivity index (χ1n) is 3.43. The molecule has 0 bridgehead atoms. The lowest BCUT2D eigenvalue weighted by atomic mass is 10.4. The number of carbonyl (C=O) groups is 1. The van der Waals surface area contributed by atoms with E-state index in [4.69, 9.17) is 5.11 Å². The van der Waals surface area contributed by atoms with Gasteiger partial charge >= 0.3 is 5.97 Å². The maximum atomic E-state index is 10.6. The standard InChI is InChI=1S/C7H8N2O2/c10-7(11)6-2-5-8-3-1-4-9(6)8/h1-3H,4-5H2,(H,10,11). The molecule has 0 unspecified atom stereocenters. The number of rotatable bonds is 1. The van der Waals surface area contributed by atoms with Crippen LogP contribution in [0.25, 0.3) is 0 Å². The van der Waals surface area contributed by atoms with Crippen LogP contribution in [0.5, 0.6) is 0 Å². The number of fused-ring (bicyclic) bond motifs is 1. The van der Waals surface area contributed by atoms with Gasteiger partial charge in [-0.05, 0) is 12.2 Å². The molecule has 0 aromatic rings. The lowest BCUT2D eigenvalue weighted by molar-refractivity contribution is -0.135. The van der Waals surface area contributed by atoms with E-state index >= 15 is 0 Å². The van der Waals surface area contributed by atoms with Crippen LogP contribution in [0.3, 0.4) is 0 Å². The van der Waals surface area contributed by atoms with E-state index in [1.165, 1.54) is 0 Å². The third kappa shape index (κ3) is 0.790. The van der Waals surface area contributed by atoms with Gasteiger partial charge in [0, 0.05) is 6.20 Å². The summed E-state index contributed by atoms with van der Waals surface area (Å²) in [6, 6.07) is 0. The predicted molar refractivity (Wildman–Crippen MR) is 38.3 cm³/mol. The number of hydrazine groups is 1. The number of hydrogen-bond donors (Lipinski definition) is 1. The Kier molecular flexibility index (Phi) is 1.15. The van der Waals surface area contributed by atoms with Crippen molar-refractivity contribution in [1.82, 2.24) is 10.0 Å². The second kappa shape index (κ2) is 2.02. The second-order valence-electron chi connectivity index (χ2n) is 2.48. The quantitative estimate of drug-likeness (QED) is 0.575. The van der Waals surface area contributed by atoms with Gasteiger partial charge in [-0.1, -0.05) is 0 Å². The van der Waals surface area contributed by atoms with E-state index in [-0.39, 0.29) is 0 Å². The number of nitrogens with zero attached hydrogens (tertiary/aromatic N) is 2. The first-order chi connectivity index (χ1) is 5.29. The van der Waals surface area contributed by atoms with Crippen molar-refractivity contribution in [2.45, 2.75) is 0 Å². The van der Waals surface area contributed by atoms with Crippen LogP contribution in [0, 0.1) is 0 Å². The monoisotopic (exact) mass is 152 g/mol. The Bertz CT molecular complexity index is 257. The molecule has 4 nitrogen and oxygen atoms in total. The molecule has 2 aliphatic rings. The second-order valence-corrected chi connectivity index (χ2v) is 2.48. The summed E-state index contributed by atoms with van der Waals surface area (Å²) in [6.07, 6.45) is 5.55. The minimum absolute atomic E-state index is 0.384. The van der Waals surface area contributed by atoms with Gasteiger partial charge in [-0.2, -0.15) is 0 Å². The van der Waals surface area contributed by atoms with Gasteiger partial charge in [0.2, 0.25) is 0 Å². The lowest BCUT2D eigenvalue weighted by Gasteiger charge is -2.23. The zero-order valence-electron chi connectivity index (χ0n) is 5.90. The van der Waals surface area contributed by atoms with Crippen molar-refractivity contribution >= 4 is 5.97 Å². The molecule has 1 N–H and O–H groups in total. The summed E-state index contributed by atoms with van der Waals surface area (Å²) in [4.78, 5) is 10.6. The van der Waals surface area contributed by atoms with Gasteiger partial charge in [0.05, 0.1) is 13.1 Å². The summed E-state index contributed by atoms with van der Waals surface area (Å²) < 4.78 is 0. The van der Waals surface area contributed by atoms with Gasteiger partial charge < -0.3 is 5.11 Å². The largest absolute Gasteiger partial charge is 0.477 e. The molecular weight excluding hydrogens is 144 g/mol. The molecule has 58 valence electrons. The number of aliphatic carboxylic acids is 1. The zero-order valence-corrected chi connectivity index (χ0v) is 5.90. The van der Waals surface area contributed by atoms with Gasteiger partial charge in [0.1, 0.15) is 5.70 Å². The molecule has 0 amide bonds. The Morgan fingerprint density at radius 1 is 1.55 bits per heavy atom. The molecule has 2 rings (SSSR count). The van der Waals surface area contributed by atoms with E-state index in [2.05, 4.69) is 0 Å². The van der Waals surface area contributed by atoms with Crippen LogP contribution in [0.4, 0.5) is 0 Å². The Hall–Kier alpha value is -1.45. The van der Waals surface area contributed by atoms with Gasteiger partial charge in [0.25, 0.3) is 0 Å². The predicted octanol–water partition coefficient (Wildman–Crippen LogP) is 0.0148. The number of carboxylic acid groups (broad SMARTS) is 1. The van der Waals surface area contributed by atoms with E-state index in [1.54, 1.807) is 11.1 Å². The maximum absolute atomic E-state index is 10.6. The summed E-state index contributed by atoms with van der Waals surface area (Å²) in [7, 11) is 0. The van der Waals surface area contributed by atoms with Crippen LogP contribution in [0.15, 0.2) is 24.0 Å². The Morgan fingerprint density at radius 3 is 3.09 bits per heavy atom. The summed E-state index contributed by atoms with van der Waals surface area (Å²) in [5.74, 6) is -0.851. The highest BCUT2D eigenvalue weighted by Crippen LogP contribution is 2.20. The third-order valence-corrected chi connectivity index (χ3v) is 1.83. The van der Waals surface area contributed by atoms with Crippen molar-refractivity contribution < 1.29 is 9.90 Å². The zero-order chi connectivity index (χ0) is 7.84. The number of carboxylic acids is 1. The summed E-state index contributed by atoms with van der Waals surface area (Å²) in [5, 5.41) is 12.3. The first-order valence-corrected chi connectivity index (χ1v) is 3.43. The van der Waals surface area contributed by atoms with Gasteiger partial charge in [-0.25, -0.2) is 4.79 Å². The molecule has 0 saturated carbocycles. The molecule has 0 fully saturated rings. The minimum Gasteiger partial charge on any atom is -0.477 e. The average Bonchev–Trinajstić information content (AvgIpc) is 2.41. The Balaban J connectivity index is 2.21. The minimum atomic E-state index is -0.851. The van der Waals surface area contributed by atoms with Gasteiger partial charge in [0.15, 0.2) is 0 Å². The van der Waals surface area contributed by atoms with Crippen LogP contribution < -0.4 is 0 Å². The molecule has 2 aliphatic heterocycles. The fraction of sp³-hybridized carbons (Fsp3) is 0.286. The molecule has 0 atom stereocenters. The summed E-state index contributed by atoms with van der Waals surface area (Å²) in [5.41, 5.74) is 0.384. The molecule has 2 heterocycles. The smallest absolute Gasteiger partial charge is 0.353 e. The molecule has 11 heavy (non-hydrogen) atoms. The fourth-order valence-corrected chi connectivity index (χ4v) is 1.33. The van der Waals surface area contributed by atoms with Crippen LogP contribution >= 0.6 is 0 Å². The Morgan fingerprint density at radius 2 is 2.36 bits per heavy atom. The third-order valence-electron chi connectivity index (χ3n) is 1.83. The van der Waals surface area contributed by atoms with Crippen LogP contribution in [0.1, 0.15) is 0 Å². The van der Waals surface area contributed by atoms with E-state index < -0.39 is 5.97 Å². The van der Waals surface area contributed by atoms with Crippen molar-refractivity contribution in [2.24, 2.45) is 0 Å². The van der Waals surface area contributed by atoms with E-state index in [1.807, 2.05) is 17.3 Å². The maximum Gasteiger partial charge on any atom is 0.353 e. The highest BCUT2D eigenvalue weighted by molar-refractivity contribution is 5.86. The molecule has 0 radical (unpaired) electrons. The molecule has 0 saturated heterocycles. The molecule has 0 aromatic carbocycles. The average molecular weight is 152 g/mol. The lowest BCUT2D eigenvalue weighted by Crippen LogP contribution is -2.31. The topological polar surface area (TPSA) is 43.8 Å². The highest BCUT2D eigenvalue weighted by atomic mass is 16.4. The summed E-state index contributed by atoms with van der Waals surface area (Å²) in [6.45, 7) is 1.36. The molecule has 4 heteroatoms. The van der Waals surface area contributed by atoms with Crippen molar-refractivity contribution in [3.05, 3.63) is 24.0 Å². The van der Waals surface area contributed by atoms with Crippen LogP contribution in [-0.2, 0) is 4.79 Å². The van der Waals surface area contributed by atoms with Crippen molar-refractivity contribution in [3.63, 3.8) is 0 Å². The molecule has 0 aliphatic carbocycles. The van der Waals surface area contributed by atoms with Crippen molar-refractivity contribution in [3.8, 4) is 0 Å². The summed E-state index contributed by atoms with van der Waals surface area (Å²) >= 11 is 0. The Labute approximate surface area is 64.0 Å². The van der Waals surface area contributed by atoms with E-state index in [0.29, 0.717) is 18.8 Å². The normalized spacial score (nSPS) is 20.5. The first kappa shape index (κ1) is 6.27. The van der Waals surface area contributed by atoms with Crippen LogP contribution in [0.2, 0.25) is 0 Å². The highest BCUT2D eigenvalue weighted by Gasteiger charge is 2.27.